The first-order chi connectivity index (χ1) is 26.5. The van der Waals surface area contributed by atoms with Crippen molar-refractivity contribution in [3.63, 3.8) is 0 Å². The molecule has 1 saturated carbocycles. The Balaban J connectivity index is 1.23. The van der Waals surface area contributed by atoms with Crippen molar-refractivity contribution in [2.24, 2.45) is 11.3 Å². The molecule has 290 valence electrons. The fourth-order valence-electron chi connectivity index (χ4n) is 9.22. The first-order valence-corrected chi connectivity index (χ1v) is 21.0. The maximum absolute atomic E-state index is 15.1. The third-order valence-corrected chi connectivity index (χ3v) is 14.3. The van der Waals surface area contributed by atoms with E-state index in [1.54, 1.807) is 24.4 Å². The number of anilines is 1. The quantitative estimate of drug-likeness (QED) is 0.184. The number of nitrogens with one attached hydrogen (secondary N) is 1. The molecule has 3 aromatic rings. The van der Waals surface area contributed by atoms with Gasteiger partial charge in [0.2, 0.25) is 6.29 Å². The monoisotopic (exact) mass is 788 g/mol. The zero-order chi connectivity index (χ0) is 38.5. The van der Waals surface area contributed by atoms with Crippen LogP contribution in [0.1, 0.15) is 69.5 Å². The molecule has 1 saturated heterocycles. The van der Waals surface area contributed by atoms with Gasteiger partial charge in [-0.15, -0.1) is 0 Å². The van der Waals surface area contributed by atoms with Crippen LogP contribution in [0.25, 0.3) is 0 Å². The summed E-state index contributed by atoms with van der Waals surface area (Å²) in [5, 5.41) is 71.2. The van der Waals surface area contributed by atoms with Crippen molar-refractivity contribution in [3.8, 4) is 5.75 Å². The van der Waals surface area contributed by atoms with Gasteiger partial charge in [0, 0.05) is 17.5 Å². The lowest BCUT2D eigenvalue weighted by molar-refractivity contribution is -0.318. The molecule has 0 amide bonds. The highest BCUT2D eigenvalue weighted by molar-refractivity contribution is 8.76. The molecule has 2 spiro atoms. The average molecular weight is 789 g/mol. The van der Waals surface area contributed by atoms with Crippen molar-refractivity contribution in [1.29, 1.82) is 0 Å². The molecule has 5 aliphatic rings. The van der Waals surface area contributed by atoms with Gasteiger partial charge in [-0.3, -0.25) is 9.59 Å². The molecule has 8 rings (SSSR count). The van der Waals surface area contributed by atoms with Crippen molar-refractivity contribution < 1.29 is 49.7 Å². The molecule has 7 N–H and O–H groups in total. The van der Waals surface area contributed by atoms with Crippen LogP contribution >= 0.6 is 21.6 Å². The van der Waals surface area contributed by atoms with Crippen LogP contribution in [0.3, 0.4) is 0 Å². The number of fused-ring (bicyclic) bond motifs is 5. The molecule has 3 aliphatic carbocycles. The van der Waals surface area contributed by atoms with Gasteiger partial charge < -0.3 is 45.4 Å². The first-order valence-electron chi connectivity index (χ1n) is 18.5. The predicted octanol–water partition coefficient (Wildman–Crippen LogP) is 4.40. The van der Waals surface area contributed by atoms with E-state index in [-0.39, 0.29) is 41.4 Å². The standard InChI is InChI=1S/C41H44N2O10S2/c44-18-24-6-3-5-23(13-24)14-25-15-28-34(47)27-7-4-8-29-33(27)36(49)40(28,31(46)16-25)21-54-55-22-43-32-17-26(9-12-42-32)39(10-1-2-11-39)20-41(51)35(48)30(19-45)53-38(52-29)37(41)50/h3-9,12-13,15-17,28,30,35,37-38,44-46,48,50-51H,1-2,10-11,14,18-22H2,(H,42,43)/t28-,30-,35-,37+,38-,40+,41+/m1/s1. The Morgan fingerprint density at radius 1 is 0.964 bits per heavy atom. The molecule has 2 fully saturated rings. The number of allylic oxidation sites excluding steroid dienone is 4. The third kappa shape index (κ3) is 6.50. The normalized spacial score (nSPS) is 31.6. The Bertz CT molecular complexity index is 2050. The van der Waals surface area contributed by atoms with Crippen LogP contribution in [0.5, 0.6) is 5.75 Å². The Labute approximate surface area is 326 Å². The van der Waals surface area contributed by atoms with Crippen molar-refractivity contribution in [1.82, 2.24) is 4.98 Å². The zero-order valence-electron chi connectivity index (χ0n) is 30.0. The van der Waals surface area contributed by atoms with E-state index in [2.05, 4.69) is 10.3 Å². The van der Waals surface area contributed by atoms with Gasteiger partial charge in [-0.25, -0.2) is 4.98 Å². The van der Waals surface area contributed by atoms with Crippen molar-refractivity contribution in [3.05, 3.63) is 112 Å². The lowest BCUT2D eigenvalue weighted by Gasteiger charge is -2.51. The largest absolute Gasteiger partial charge is 0.511 e. The summed E-state index contributed by atoms with van der Waals surface area (Å²) in [6, 6.07) is 15.7. The highest BCUT2D eigenvalue weighted by Crippen LogP contribution is 2.54. The second kappa shape index (κ2) is 15.0. The van der Waals surface area contributed by atoms with Gasteiger partial charge in [0.25, 0.3) is 0 Å². The number of hydrogen-bond acceptors (Lipinski definition) is 14. The van der Waals surface area contributed by atoms with E-state index in [0.717, 1.165) is 29.5 Å². The van der Waals surface area contributed by atoms with Crippen LogP contribution < -0.4 is 10.1 Å². The number of ether oxygens (including phenoxy) is 2. The fourth-order valence-corrected chi connectivity index (χ4v) is 11.5. The molecule has 6 bridgehead atoms. The minimum absolute atomic E-state index is 0.0200. The Hall–Kier alpha value is -3.73. The topological polar surface area (TPSA) is 199 Å². The number of benzene rings is 2. The highest BCUT2D eigenvalue weighted by atomic mass is 33.1. The predicted molar refractivity (Wildman–Crippen MR) is 207 cm³/mol. The molecule has 1 aromatic heterocycles. The highest BCUT2D eigenvalue weighted by Gasteiger charge is 2.61. The van der Waals surface area contributed by atoms with E-state index in [1.807, 2.05) is 30.3 Å². The smallest absolute Gasteiger partial charge is 0.229 e. The van der Waals surface area contributed by atoms with Crippen molar-refractivity contribution >= 4 is 39.0 Å². The van der Waals surface area contributed by atoms with E-state index in [4.69, 9.17) is 9.47 Å². The summed E-state index contributed by atoms with van der Waals surface area (Å²) in [4.78, 5) is 34.2. The molecule has 12 nitrogen and oxygen atoms in total. The number of carbonyl (C=O) groups is 2. The van der Waals surface area contributed by atoms with Gasteiger partial charge in [0.05, 0.1) is 30.6 Å². The number of aliphatic hydroxyl groups is 6. The Morgan fingerprint density at radius 2 is 1.75 bits per heavy atom. The Morgan fingerprint density at radius 3 is 2.53 bits per heavy atom. The number of aliphatic hydroxyl groups excluding tert-OH is 5. The molecule has 0 radical (unpaired) electrons. The SMILES string of the molecule is O=C1c2cccc3c2C(=O)[C@]2(CSSCNc4cc(ccn4)C4(CCCC4)C[C@]4(O)[C@H](O)[C@@H](CO)O[C@@H](O3)[C@@H]4O)C(O)=CC(Cc3cccc(CO)c3)=C[C@H]12. The fraction of sp³-hybridized carbons (Fsp3) is 0.439. The molecule has 0 unspecified atom stereocenters. The van der Waals surface area contributed by atoms with Crippen LogP contribution in [0.4, 0.5) is 5.82 Å². The molecule has 55 heavy (non-hydrogen) atoms. The van der Waals surface area contributed by atoms with Crippen LogP contribution in [0.15, 0.2) is 84.3 Å². The number of rotatable bonds is 4. The first kappa shape index (κ1) is 38.2. The number of hydrogen-bond donors (Lipinski definition) is 7. The minimum Gasteiger partial charge on any atom is -0.511 e. The number of aromatic nitrogens is 1. The summed E-state index contributed by atoms with van der Waals surface area (Å²) < 4.78 is 12.2. The maximum Gasteiger partial charge on any atom is 0.229 e. The van der Waals surface area contributed by atoms with E-state index >= 15 is 4.79 Å². The summed E-state index contributed by atoms with van der Waals surface area (Å²) in [5.74, 6) is -1.45. The Kier molecular flexibility index (Phi) is 10.4. The van der Waals surface area contributed by atoms with Gasteiger partial charge in [0.1, 0.15) is 46.7 Å². The molecular formula is C41H44N2O10S2. The summed E-state index contributed by atoms with van der Waals surface area (Å²) >= 11 is 0. The molecule has 2 aliphatic heterocycles. The van der Waals surface area contributed by atoms with Gasteiger partial charge >= 0.3 is 0 Å². The van der Waals surface area contributed by atoms with Crippen molar-refractivity contribution in [2.45, 2.75) is 80.7 Å². The van der Waals surface area contributed by atoms with Gasteiger partial charge in [0.15, 0.2) is 11.6 Å². The van der Waals surface area contributed by atoms with E-state index in [1.165, 1.54) is 39.8 Å². The molecule has 14 heteroatoms. The second-order valence-corrected chi connectivity index (χ2v) is 17.7. The van der Waals surface area contributed by atoms with Crippen molar-refractivity contribution in [2.75, 3.05) is 23.6 Å². The third-order valence-electron chi connectivity index (χ3n) is 12.1. The number of Topliss-reactive ketones (excluding diaryl/α,β-unsaturated/α-hetero) is 2. The van der Waals surface area contributed by atoms with Gasteiger partial charge in [-0.1, -0.05) is 76.9 Å². The molecule has 2 aromatic carbocycles. The maximum atomic E-state index is 15.1. The summed E-state index contributed by atoms with van der Waals surface area (Å²) in [6.45, 7) is -0.836. The van der Waals surface area contributed by atoms with Crippen LogP contribution in [0, 0.1) is 11.3 Å². The zero-order valence-corrected chi connectivity index (χ0v) is 31.6. The molecule has 7 atom stereocenters. The van der Waals surface area contributed by atoms with E-state index in [9.17, 15) is 35.4 Å². The van der Waals surface area contributed by atoms with Crippen LogP contribution in [-0.2, 0) is 23.2 Å². The lowest BCUT2D eigenvalue weighted by Crippen LogP contribution is -2.69. The number of pyridine rings is 1. The summed E-state index contributed by atoms with van der Waals surface area (Å²) in [7, 11) is 2.74. The second-order valence-electron chi connectivity index (χ2n) is 15.3. The average Bonchev–Trinajstić information content (AvgIpc) is 3.67. The van der Waals surface area contributed by atoms with Crippen LogP contribution in [0.2, 0.25) is 0 Å². The van der Waals surface area contributed by atoms with E-state index in [0.29, 0.717) is 36.5 Å². The molecular weight excluding hydrogens is 745 g/mol. The van der Waals surface area contributed by atoms with E-state index < -0.39 is 65.1 Å². The van der Waals surface area contributed by atoms with Gasteiger partial charge in [-0.05, 0) is 77.6 Å². The summed E-state index contributed by atoms with van der Waals surface area (Å²) in [6.07, 6.45) is 1.73. The number of nitrogens with zero attached hydrogens (tertiary/aromatic N) is 1. The number of carbonyl (C=O) groups excluding carboxylic acids is 2. The molecule has 3 heterocycles. The van der Waals surface area contributed by atoms with Crippen LogP contribution in [-0.4, -0.2) is 95.6 Å². The number of ketones is 2. The summed E-state index contributed by atoms with van der Waals surface area (Å²) in [5.41, 5.74) is -1.52. The van der Waals surface area contributed by atoms with Gasteiger partial charge in [-0.2, -0.15) is 0 Å². The minimum atomic E-state index is -2.22. The lowest BCUT2D eigenvalue weighted by atomic mass is 9.60.